The lowest BCUT2D eigenvalue weighted by molar-refractivity contribution is -0.145. The molecule has 0 saturated carbocycles. The third-order valence-corrected chi connectivity index (χ3v) is 4.81. The molecular formula is C16H17NO5S2. The Balaban J connectivity index is 2.32. The Hall–Kier alpha value is -2.06. The topological polar surface area (TPSA) is 87.1 Å². The van der Waals surface area contributed by atoms with E-state index in [1.165, 1.54) is 13.2 Å². The van der Waals surface area contributed by atoms with Crippen LogP contribution < -0.4 is 4.74 Å². The molecule has 6 nitrogen and oxygen atoms in total. The summed E-state index contributed by atoms with van der Waals surface area (Å²) >= 11 is 6.26. The first-order valence-corrected chi connectivity index (χ1v) is 8.48. The van der Waals surface area contributed by atoms with E-state index >= 15 is 0 Å². The van der Waals surface area contributed by atoms with Crippen LogP contribution in [0.1, 0.15) is 25.3 Å². The zero-order valence-electron chi connectivity index (χ0n) is 13.2. The van der Waals surface area contributed by atoms with Crippen molar-refractivity contribution in [2.75, 3.05) is 7.11 Å². The second kappa shape index (κ2) is 7.67. The molecular weight excluding hydrogens is 350 g/mol. The number of carbonyl (C=O) groups is 2. The van der Waals surface area contributed by atoms with Crippen LogP contribution in [0.25, 0.3) is 6.08 Å². The van der Waals surface area contributed by atoms with Crippen molar-refractivity contribution in [3.05, 3.63) is 28.7 Å². The van der Waals surface area contributed by atoms with Gasteiger partial charge in [-0.1, -0.05) is 43.4 Å². The highest BCUT2D eigenvalue weighted by Crippen LogP contribution is 2.36. The average molecular weight is 367 g/mol. The summed E-state index contributed by atoms with van der Waals surface area (Å²) in [5.74, 6) is -1.21. The van der Waals surface area contributed by atoms with Gasteiger partial charge < -0.3 is 14.9 Å². The number of hydrogen-bond donors (Lipinski definition) is 2. The van der Waals surface area contributed by atoms with Crippen LogP contribution in [0.15, 0.2) is 23.1 Å². The van der Waals surface area contributed by atoms with Crippen molar-refractivity contribution in [3.8, 4) is 11.5 Å². The van der Waals surface area contributed by atoms with Crippen LogP contribution in [-0.4, -0.2) is 44.5 Å². The van der Waals surface area contributed by atoms with Gasteiger partial charge in [0, 0.05) is 0 Å². The van der Waals surface area contributed by atoms with Gasteiger partial charge >= 0.3 is 5.97 Å². The fourth-order valence-corrected chi connectivity index (χ4v) is 3.68. The normalized spacial score (nSPS) is 17.4. The van der Waals surface area contributed by atoms with E-state index in [2.05, 4.69) is 0 Å². The van der Waals surface area contributed by atoms with Gasteiger partial charge in [0.05, 0.1) is 12.0 Å². The summed E-state index contributed by atoms with van der Waals surface area (Å²) in [6.07, 6.45) is 2.57. The molecule has 0 bridgehead atoms. The number of aromatic hydroxyl groups is 1. The maximum Gasteiger partial charge on any atom is 0.326 e. The van der Waals surface area contributed by atoms with Crippen LogP contribution in [0.3, 0.4) is 0 Å². The third-order valence-electron chi connectivity index (χ3n) is 3.48. The van der Waals surface area contributed by atoms with Crippen LogP contribution in [0, 0.1) is 0 Å². The minimum atomic E-state index is -1.07. The molecule has 1 aromatic carbocycles. The van der Waals surface area contributed by atoms with Crippen LogP contribution in [-0.2, 0) is 9.59 Å². The highest BCUT2D eigenvalue weighted by atomic mass is 32.2. The van der Waals surface area contributed by atoms with Crippen molar-refractivity contribution in [1.82, 2.24) is 4.90 Å². The maximum absolute atomic E-state index is 12.6. The number of rotatable bonds is 6. The number of carboxylic acid groups (broad SMARTS) is 1. The van der Waals surface area contributed by atoms with Crippen LogP contribution in [0.2, 0.25) is 0 Å². The second-order valence-electron chi connectivity index (χ2n) is 5.13. The van der Waals surface area contributed by atoms with Gasteiger partial charge in [-0.2, -0.15) is 0 Å². The largest absolute Gasteiger partial charge is 0.504 e. The van der Waals surface area contributed by atoms with Gasteiger partial charge in [0.1, 0.15) is 10.4 Å². The summed E-state index contributed by atoms with van der Waals surface area (Å²) in [4.78, 5) is 25.5. The minimum absolute atomic E-state index is 0.00362. The zero-order valence-corrected chi connectivity index (χ0v) is 14.8. The van der Waals surface area contributed by atoms with E-state index in [4.69, 9.17) is 17.0 Å². The molecule has 0 unspecified atom stereocenters. The van der Waals surface area contributed by atoms with Gasteiger partial charge in [-0.3, -0.25) is 9.69 Å². The first-order chi connectivity index (χ1) is 11.4. The number of carboxylic acids is 1. The number of methoxy groups -OCH3 is 1. The van der Waals surface area contributed by atoms with E-state index in [1.54, 1.807) is 18.2 Å². The molecule has 1 atom stereocenters. The van der Waals surface area contributed by atoms with Crippen molar-refractivity contribution >= 4 is 46.3 Å². The fourth-order valence-electron chi connectivity index (χ4n) is 2.32. The molecule has 2 N–H and O–H groups in total. The third kappa shape index (κ3) is 3.70. The maximum atomic E-state index is 12.6. The molecule has 24 heavy (non-hydrogen) atoms. The van der Waals surface area contributed by atoms with E-state index in [9.17, 15) is 19.8 Å². The van der Waals surface area contributed by atoms with Crippen LogP contribution in [0.4, 0.5) is 0 Å². The number of phenols is 1. The summed E-state index contributed by atoms with van der Waals surface area (Å²) in [6, 6.07) is 3.72. The molecule has 2 rings (SSSR count). The Morgan fingerprint density at radius 2 is 2.21 bits per heavy atom. The molecule has 128 valence electrons. The number of thioether (sulfide) groups is 1. The Morgan fingerprint density at radius 3 is 2.79 bits per heavy atom. The van der Waals surface area contributed by atoms with Gasteiger partial charge in [-0.25, -0.2) is 4.79 Å². The number of thiocarbonyl (C=S) groups is 1. The summed E-state index contributed by atoms with van der Waals surface area (Å²) < 4.78 is 5.27. The molecule has 0 spiro atoms. The lowest BCUT2D eigenvalue weighted by atomic mass is 10.1. The van der Waals surface area contributed by atoms with E-state index in [1.807, 2.05) is 6.92 Å². The predicted molar refractivity (Wildman–Crippen MR) is 96.0 cm³/mol. The number of carbonyl (C=O) groups excluding carboxylic acids is 1. The molecule has 8 heteroatoms. The standard InChI is InChI=1S/C16H17NO5S2/c1-3-4-10(15(20)21)17-14(19)13(24-16(17)23)8-9-5-6-11(18)12(7-9)22-2/h5-8,10,18H,3-4H2,1-2H3,(H,20,21)/b13-8-/t10-/m0/s1. The molecule has 1 saturated heterocycles. The molecule has 1 heterocycles. The van der Waals surface area contributed by atoms with Crippen LogP contribution in [0.5, 0.6) is 11.5 Å². The molecule has 1 aliphatic heterocycles. The number of ether oxygens (including phenoxy) is 1. The van der Waals surface area contributed by atoms with Gasteiger partial charge in [0.2, 0.25) is 0 Å². The molecule has 0 aliphatic carbocycles. The predicted octanol–water partition coefficient (Wildman–Crippen LogP) is 2.86. The lowest BCUT2D eigenvalue weighted by Crippen LogP contribution is -2.43. The average Bonchev–Trinajstić information content (AvgIpc) is 2.81. The molecule has 0 radical (unpaired) electrons. The summed E-state index contributed by atoms with van der Waals surface area (Å²) in [6.45, 7) is 1.85. The van der Waals surface area contributed by atoms with Crippen LogP contribution >= 0.6 is 24.0 Å². The van der Waals surface area contributed by atoms with Crippen molar-refractivity contribution in [3.63, 3.8) is 0 Å². The minimum Gasteiger partial charge on any atom is -0.504 e. The van der Waals surface area contributed by atoms with Crippen molar-refractivity contribution < 1.29 is 24.5 Å². The Labute approximate surface area is 149 Å². The summed E-state index contributed by atoms with van der Waals surface area (Å²) in [5, 5.41) is 19.0. The quantitative estimate of drug-likeness (QED) is 0.590. The Morgan fingerprint density at radius 1 is 1.50 bits per heavy atom. The van der Waals surface area contributed by atoms with Gasteiger partial charge in [-0.15, -0.1) is 0 Å². The molecule has 1 aliphatic rings. The number of phenolic OH excluding ortho intramolecular Hbond substituents is 1. The van der Waals surface area contributed by atoms with E-state index in [0.29, 0.717) is 23.3 Å². The first-order valence-electron chi connectivity index (χ1n) is 7.26. The fraction of sp³-hybridized carbons (Fsp3) is 0.312. The number of aliphatic carboxylic acids is 1. The molecule has 0 aromatic heterocycles. The first kappa shape index (κ1) is 18.3. The number of amides is 1. The van der Waals surface area contributed by atoms with Gasteiger partial charge in [0.25, 0.3) is 5.91 Å². The highest BCUT2D eigenvalue weighted by Gasteiger charge is 2.39. The van der Waals surface area contributed by atoms with E-state index < -0.39 is 17.9 Å². The highest BCUT2D eigenvalue weighted by molar-refractivity contribution is 8.26. The Kier molecular flexibility index (Phi) is 5.84. The number of nitrogens with zero attached hydrogens (tertiary/aromatic N) is 1. The summed E-state index contributed by atoms with van der Waals surface area (Å²) in [7, 11) is 1.43. The SMILES string of the molecule is CCC[C@@H](C(=O)O)N1C(=O)/C(=C/c2ccc(O)c(OC)c2)SC1=S. The van der Waals surface area contributed by atoms with Crippen molar-refractivity contribution in [2.24, 2.45) is 0 Å². The molecule has 1 aromatic rings. The van der Waals surface area contributed by atoms with Crippen molar-refractivity contribution in [2.45, 2.75) is 25.8 Å². The lowest BCUT2D eigenvalue weighted by Gasteiger charge is -2.22. The second-order valence-corrected chi connectivity index (χ2v) is 6.80. The number of hydrogen-bond acceptors (Lipinski definition) is 6. The molecule has 1 amide bonds. The monoisotopic (exact) mass is 367 g/mol. The smallest absolute Gasteiger partial charge is 0.326 e. The summed E-state index contributed by atoms with van der Waals surface area (Å²) in [5.41, 5.74) is 0.646. The van der Waals surface area contributed by atoms with E-state index in [0.717, 1.165) is 16.7 Å². The molecule has 1 fully saturated rings. The zero-order chi connectivity index (χ0) is 17.9. The van der Waals surface area contributed by atoms with Crippen molar-refractivity contribution in [1.29, 1.82) is 0 Å². The Bertz CT molecular complexity index is 716. The van der Waals surface area contributed by atoms with Gasteiger partial charge in [-0.05, 0) is 30.2 Å². The van der Waals surface area contributed by atoms with E-state index in [-0.39, 0.29) is 15.8 Å². The number of benzene rings is 1. The van der Waals surface area contributed by atoms with Gasteiger partial charge in [0.15, 0.2) is 11.5 Å².